The number of piperidine rings is 1. The summed E-state index contributed by atoms with van der Waals surface area (Å²) in [4.78, 5) is 28.7. The molecule has 0 saturated carbocycles. The number of amides is 1. The molecule has 1 aromatic carbocycles. The van der Waals surface area contributed by atoms with E-state index in [2.05, 4.69) is 5.10 Å². The van der Waals surface area contributed by atoms with Crippen molar-refractivity contribution in [1.29, 1.82) is 0 Å². The molecule has 28 heavy (non-hydrogen) atoms. The zero-order chi connectivity index (χ0) is 20.3. The van der Waals surface area contributed by atoms with E-state index in [4.69, 9.17) is 0 Å². The van der Waals surface area contributed by atoms with E-state index in [1.54, 1.807) is 11.8 Å². The van der Waals surface area contributed by atoms with Crippen molar-refractivity contribution in [3.05, 3.63) is 46.8 Å². The zero-order valence-electron chi connectivity index (χ0n) is 17.2. The molecule has 0 bridgehead atoms. The number of hydrogen-bond donors (Lipinski definition) is 0. The quantitative estimate of drug-likeness (QED) is 0.547. The van der Waals surface area contributed by atoms with Crippen LogP contribution in [0.3, 0.4) is 0 Å². The Hall–Kier alpha value is -2.08. The molecule has 2 heterocycles. The monoisotopic (exact) mass is 399 g/mol. The maximum Gasteiger partial charge on any atom is 0.222 e. The van der Waals surface area contributed by atoms with Crippen LogP contribution in [-0.4, -0.2) is 45.7 Å². The molecule has 0 radical (unpaired) electrons. The minimum atomic E-state index is -0.0975. The number of likely N-dealkylation sites (tertiary alicyclic amines) is 1. The van der Waals surface area contributed by atoms with Crippen LogP contribution in [0.5, 0.6) is 0 Å². The highest BCUT2D eigenvalue weighted by Gasteiger charge is 2.29. The van der Waals surface area contributed by atoms with Crippen molar-refractivity contribution in [2.75, 3.05) is 19.3 Å². The number of benzene rings is 1. The van der Waals surface area contributed by atoms with Crippen LogP contribution in [-0.2, 0) is 18.3 Å². The van der Waals surface area contributed by atoms with E-state index >= 15 is 0 Å². The molecule has 1 saturated heterocycles. The summed E-state index contributed by atoms with van der Waals surface area (Å²) >= 11 is 1.67. The summed E-state index contributed by atoms with van der Waals surface area (Å²) in [6.45, 7) is 5.31. The highest BCUT2D eigenvalue weighted by molar-refractivity contribution is 7.98. The van der Waals surface area contributed by atoms with E-state index < -0.39 is 0 Å². The average Bonchev–Trinajstić information content (AvgIpc) is 2.97. The summed E-state index contributed by atoms with van der Waals surface area (Å²) in [6.07, 6.45) is 4.94. The predicted molar refractivity (Wildman–Crippen MR) is 113 cm³/mol. The summed E-state index contributed by atoms with van der Waals surface area (Å²) in [5, 5.41) is 4.43. The van der Waals surface area contributed by atoms with Gasteiger partial charge in [0.05, 0.1) is 5.69 Å². The average molecular weight is 400 g/mol. The van der Waals surface area contributed by atoms with Gasteiger partial charge in [0, 0.05) is 48.6 Å². The van der Waals surface area contributed by atoms with Gasteiger partial charge in [-0.15, -0.1) is 11.8 Å². The van der Waals surface area contributed by atoms with Gasteiger partial charge in [-0.05, 0) is 57.1 Å². The van der Waals surface area contributed by atoms with Gasteiger partial charge < -0.3 is 4.90 Å². The molecule has 150 valence electrons. The summed E-state index contributed by atoms with van der Waals surface area (Å²) in [5.41, 5.74) is 4.02. The predicted octanol–water partition coefficient (Wildman–Crippen LogP) is 3.81. The third kappa shape index (κ3) is 4.49. The maximum atomic E-state index is 12.9. The molecule has 2 aromatic rings. The van der Waals surface area contributed by atoms with Gasteiger partial charge in [-0.25, -0.2) is 0 Å². The van der Waals surface area contributed by atoms with Crippen molar-refractivity contribution in [1.82, 2.24) is 14.7 Å². The molecule has 6 heteroatoms. The Kier molecular flexibility index (Phi) is 6.60. The normalized spacial score (nSPS) is 17.0. The second-order valence-corrected chi connectivity index (χ2v) is 8.42. The lowest BCUT2D eigenvalue weighted by molar-refractivity contribution is -0.132. The van der Waals surface area contributed by atoms with E-state index in [0.29, 0.717) is 19.4 Å². The number of carbonyl (C=O) groups excluding carboxylic acids is 2. The Labute approximate surface area is 171 Å². The number of aryl methyl sites for hydroxylation is 2. The van der Waals surface area contributed by atoms with Crippen LogP contribution in [0.2, 0.25) is 0 Å². The largest absolute Gasteiger partial charge is 0.342 e. The standard InChI is InChI=1S/C22H29N3O2S/c1-15-20(16(2)24(3)23-15)11-12-21(26)25-13-5-6-18(14-25)22(27)17-7-9-19(28-4)10-8-17/h7-10,18H,5-6,11-14H2,1-4H3/t18-/m0/s1. The number of carbonyl (C=O) groups is 2. The van der Waals surface area contributed by atoms with Gasteiger partial charge in [-0.2, -0.15) is 5.10 Å². The molecule has 1 aromatic heterocycles. The molecule has 0 N–H and O–H groups in total. The van der Waals surface area contributed by atoms with Crippen LogP contribution < -0.4 is 0 Å². The van der Waals surface area contributed by atoms with Gasteiger partial charge in [-0.1, -0.05) is 12.1 Å². The SMILES string of the molecule is CSc1ccc(C(=O)[C@H]2CCCN(C(=O)CCc3c(C)nn(C)c3C)C2)cc1. The van der Waals surface area contributed by atoms with Crippen molar-refractivity contribution < 1.29 is 9.59 Å². The summed E-state index contributed by atoms with van der Waals surface area (Å²) in [7, 11) is 1.93. The van der Waals surface area contributed by atoms with Crippen LogP contribution in [0, 0.1) is 19.8 Å². The Morgan fingerprint density at radius 1 is 1.21 bits per heavy atom. The highest BCUT2D eigenvalue weighted by Crippen LogP contribution is 2.24. The molecular weight excluding hydrogens is 370 g/mol. The first kappa shape index (κ1) is 20.6. The van der Waals surface area contributed by atoms with Crippen molar-refractivity contribution in [2.24, 2.45) is 13.0 Å². The molecule has 1 amide bonds. The summed E-state index contributed by atoms with van der Waals surface area (Å²) in [5.74, 6) is 0.196. The van der Waals surface area contributed by atoms with E-state index in [1.165, 1.54) is 0 Å². The summed E-state index contributed by atoms with van der Waals surface area (Å²) in [6, 6.07) is 7.79. The molecule has 0 unspecified atom stereocenters. The van der Waals surface area contributed by atoms with Crippen LogP contribution in [0.4, 0.5) is 0 Å². The van der Waals surface area contributed by atoms with E-state index in [9.17, 15) is 9.59 Å². The molecule has 1 aliphatic heterocycles. The Bertz CT molecular complexity index is 857. The lowest BCUT2D eigenvalue weighted by atomic mass is 9.89. The number of rotatable bonds is 6. The zero-order valence-corrected chi connectivity index (χ0v) is 18.0. The molecule has 0 spiro atoms. The fourth-order valence-corrected chi connectivity index (χ4v) is 4.39. The smallest absolute Gasteiger partial charge is 0.222 e. The number of Topliss-reactive ketones (excluding diaryl/α,β-unsaturated/α-hetero) is 1. The van der Waals surface area contributed by atoms with Gasteiger partial charge in [0.15, 0.2) is 5.78 Å². The Morgan fingerprint density at radius 2 is 1.93 bits per heavy atom. The van der Waals surface area contributed by atoms with E-state index in [0.717, 1.165) is 46.8 Å². The minimum Gasteiger partial charge on any atom is -0.342 e. The first-order valence-corrected chi connectivity index (χ1v) is 11.1. The second kappa shape index (κ2) is 8.95. The van der Waals surface area contributed by atoms with Gasteiger partial charge in [-0.3, -0.25) is 14.3 Å². The molecule has 5 nitrogen and oxygen atoms in total. The first-order chi connectivity index (χ1) is 13.4. The highest BCUT2D eigenvalue weighted by atomic mass is 32.2. The van der Waals surface area contributed by atoms with E-state index in [-0.39, 0.29) is 17.6 Å². The van der Waals surface area contributed by atoms with Crippen molar-refractivity contribution in [3.8, 4) is 0 Å². The van der Waals surface area contributed by atoms with Crippen LogP contribution in [0.25, 0.3) is 0 Å². The third-order valence-corrected chi connectivity index (χ3v) is 6.51. The second-order valence-electron chi connectivity index (χ2n) is 7.54. The number of ketones is 1. The number of nitrogens with zero attached hydrogens (tertiary/aromatic N) is 3. The van der Waals surface area contributed by atoms with Crippen molar-refractivity contribution in [2.45, 2.75) is 44.4 Å². The Morgan fingerprint density at radius 3 is 2.54 bits per heavy atom. The van der Waals surface area contributed by atoms with Gasteiger partial charge in [0.25, 0.3) is 0 Å². The molecule has 1 aliphatic rings. The molecule has 0 aliphatic carbocycles. The topological polar surface area (TPSA) is 55.2 Å². The minimum absolute atomic E-state index is 0.0975. The van der Waals surface area contributed by atoms with Crippen LogP contribution in [0.15, 0.2) is 29.2 Å². The van der Waals surface area contributed by atoms with Crippen molar-refractivity contribution in [3.63, 3.8) is 0 Å². The fourth-order valence-electron chi connectivity index (χ4n) is 3.98. The van der Waals surface area contributed by atoms with E-state index in [1.807, 2.05) is 61.0 Å². The van der Waals surface area contributed by atoms with Crippen LogP contribution >= 0.6 is 11.8 Å². The lowest BCUT2D eigenvalue weighted by Gasteiger charge is -2.32. The van der Waals surface area contributed by atoms with Gasteiger partial charge >= 0.3 is 0 Å². The molecular formula is C22H29N3O2S. The number of hydrogen-bond acceptors (Lipinski definition) is 4. The van der Waals surface area contributed by atoms with Gasteiger partial charge in [0.2, 0.25) is 5.91 Å². The fraction of sp³-hybridized carbons (Fsp3) is 0.500. The van der Waals surface area contributed by atoms with Crippen molar-refractivity contribution >= 4 is 23.5 Å². The number of aromatic nitrogens is 2. The molecule has 1 atom stereocenters. The van der Waals surface area contributed by atoms with Gasteiger partial charge in [0.1, 0.15) is 0 Å². The Balaban J connectivity index is 1.60. The lowest BCUT2D eigenvalue weighted by Crippen LogP contribution is -2.42. The number of thioether (sulfide) groups is 1. The first-order valence-electron chi connectivity index (χ1n) is 9.85. The third-order valence-electron chi connectivity index (χ3n) is 5.77. The maximum absolute atomic E-state index is 12.9. The van der Waals surface area contributed by atoms with Crippen LogP contribution in [0.1, 0.15) is 46.6 Å². The molecule has 3 rings (SSSR count). The molecule has 1 fully saturated rings. The summed E-state index contributed by atoms with van der Waals surface area (Å²) < 4.78 is 1.87.